The first-order chi connectivity index (χ1) is 10.2. The quantitative estimate of drug-likeness (QED) is 0.867. The van der Waals surface area contributed by atoms with Crippen molar-refractivity contribution in [2.75, 3.05) is 13.1 Å². The smallest absolute Gasteiger partial charge is 0.312 e. The molecule has 1 aliphatic carbocycles. The van der Waals surface area contributed by atoms with Gasteiger partial charge in [-0.15, -0.1) is 0 Å². The summed E-state index contributed by atoms with van der Waals surface area (Å²) in [6, 6.07) is 2.35. The molecule has 0 bridgehead atoms. The van der Waals surface area contributed by atoms with Crippen molar-refractivity contribution in [3.63, 3.8) is 0 Å². The molecule has 1 amide bonds. The molecule has 1 aromatic rings. The van der Waals surface area contributed by atoms with Crippen molar-refractivity contribution in [1.29, 1.82) is 0 Å². The van der Waals surface area contributed by atoms with Crippen LogP contribution in [0.5, 0.6) is 0 Å². The Labute approximate surface area is 123 Å². The van der Waals surface area contributed by atoms with E-state index < -0.39 is 45.9 Å². The van der Waals surface area contributed by atoms with Crippen LogP contribution < -0.4 is 0 Å². The van der Waals surface area contributed by atoms with E-state index in [-0.39, 0.29) is 19.5 Å². The number of benzene rings is 1. The summed E-state index contributed by atoms with van der Waals surface area (Å²) < 4.78 is 26.8. The van der Waals surface area contributed by atoms with Gasteiger partial charge in [-0.05, 0) is 24.6 Å². The highest BCUT2D eigenvalue weighted by Crippen LogP contribution is 2.68. The molecule has 2 atom stereocenters. The molecule has 0 radical (unpaired) electrons. The molecule has 0 aromatic heterocycles. The normalized spacial score (nSPS) is 29.1. The Morgan fingerprint density at radius 2 is 1.59 bits per heavy atom. The number of carbonyl (C=O) groups excluding carboxylic acids is 1. The van der Waals surface area contributed by atoms with Gasteiger partial charge in [0.1, 0.15) is 22.5 Å². The van der Waals surface area contributed by atoms with Crippen LogP contribution in [0, 0.1) is 22.5 Å². The van der Waals surface area contributed by atoms with Gasteiger partial charge >= 0.3 is 11.9 Å². The molecule has 22 heavy (non-hydrogen) atoms. The van der Waals surface area contributed by atoms with E-state index in [1.807, 2.05) is 0 Å². The Morgan fingerprint density at radius 3 is 2.09 bits per heavy atom. The van der Waals surface area contributed by atoms with Crippen LogP contribution in [0.25, 0.3) is 0 Å². The molecule has 6 nitrogen and oxygen atoms in total. The van der Waals surface area contributed by atoms with Gasteiger partial charge in [0, 0.05) is 13.1 Å². The predicted molar refractivity (Wildman–Crippen MR) is 67.0 cm³/mol. The largest absolute Gasteiger partial charge is 0.481 e. The standard InChI is InChI=1S/C14H11F2NO5/c15-7-1-2-9(16)8(3-7)10(18)17-5-13(11(19)20)4-14(13,6-17)12(21)22/h1-3H,4-6H2,(H,19,20)(H,21,22)/t13-,14+. The highest BCUT2D eigenvalue weighted by atomic mass is 19.1. The molecule has 1 aromatic carbocycles. The van der Waals surface area contributed by atoms with Gasteiger partial charge in [-0.2, -0.15) is 0 Å². The maximum Gasteiger partial charge on any atom is 0.312 e. The lowest BCUT2D eigenvalue weighted by atomic mass is 9.97. The first-order valence-corrected chi connectivity index (χ1v) is 6.45. The molecular weight excluding hydrogens is 300 g/mol. The molecule has 1 heterocycles. The molecule has 8 heteroatoms. The Hall–Kier alpha value is -2.51. The summed E-state index contributed by atoms with van der Waals surface area (Å²) >= 11 is 0. The molecule has 116 valence electrons. The maximum absolute atomic E-state index is 13.6. The first-order valence-electron chi connectivity index (χ1n) is 6.45. The topological polar surface area (TPSA) is 94.9 Å². The fraction of sp³-hybridized carbons (Fsp3) is 0.357. The van der Waals surface area contributed by atoms with Crippen LogP contribution in [-0.4, -0.2) is 46.0 Å². The van der Waals surface area contributed by atoms with E-state index in [9.17, 15) is 33.4 Å². The van der Waals surface area contributed by atoms with Gasteiger partial charge in [0.25, 0.3) is 5.91 Å². The summed E-state index contributed by atoms with van der Waals surface area (Å²) in [6.07, 6.45) is -0.0694. The molecule has 0 spiro atoms. The summed E-state index contributed by atoms with van der Waals surface area (Å²) in [6.45, 7) is -0.660. The molecule has 2 aliphatic rings. The number of halogens is 2. The Balaban J connectivity index is 1.92. The molecule has 3 rings (SSSR count). The van der Waals surface area contributed by atoms with E-state index in [0.29, 0.717) is 6.07 Å². The van der Waals surface area contributed by atoms with E-state index in [1.54, 1.807) is 0 Å². The number of rotatable bonds is 3. The molecule has 2 N–H and O–H groups in total. The van der Waals surface area contributed by atoms with Crippen molar-refractivity contribution < 1.29 is 33.4 Å². The molecule has 1 saturated carbocycles. The predicted octanol–water partition coefficient (Wildman–Crippen LogP) is 0.966. The lowest BCUT2D eigenvalue weighted by molar-refractivity contribution is -0.151. The number of hydrogen-bond acceptors (Lipinski definition) is 3. The van der Waals surface area contributed by atoms with Crippen LogP contribution in [0.3, 0.4) is 0 Å². The number of piperidine rings is 1. The Bertz CT molecular complexity index is 693. The summed E-state index contributed by atoms with van der Waals surface area (Å²) in [4.78, 5) is 35.9. The first kappa shape index (κ1) is 14.4. The zero-order valence-electron chi connectivity index (χ0n) is 11.2. The molecule has 1 saturated heterocycles. The van der Waals surface area contributed by atoms with E-state index in [1.165, 1.54) is 0 Å². The van der Waals surface area contributed by atoms with Crippen molar-refractivity contribution in [2.45, 2.75) is 6.42 Å². The number of carbonyl (C=O) groups is 3. The Kier molecular flexibility index (Phi) is 2.79. The Morgan fingerprint density at radius 1 is 1.05 bits per heavy atom. The third-order valence-electron chi connectivity index (χ3n) is 4.58. The average molecular weight is 311 g/mol. The van der Waals surface area contributed by atoms with Gasteiger partial charge in [-0.25, -0.2) is 8.78 Å². The van der Waals surface area contributed by atoms with Crippen LogP contribution in [-0.2, 0) is 9.59 Å². The molecule has 0 unspecified atom stereocenters. The second-order valence-electron chi connectivity index (χ2n) is 5.74. The fourth-order valence-electron chi connectivity index (χ4n) is 3.26. The van der Waals surface area contributed by atoms with Gasteiger partial charge in [0.15, 0.2) is 0 Å². The number of aliphatic carboxylic acids is 2. The van der Waals surface area contributed by atoms with E-state index in [2.05, 4.69) is 0 Å². The summed E-state index contributed by atoms with van der Waals surface area (Å²) in [5.74, 6) is -5.27. The highest BCUT2D eigenvalue weighted by Gasteiger charge is 2.81. The molecular formula is C14H11F2NO5. The van der Waals surface area contributed by atoms with Crippen LogP contribution >= 0.6 is 0 Å². The van der Waals surface area contributed by atoms with Crippen molar-refractivity contribution in [1.82, 2.24) is 4.90 Å². The fourth-order valence-corrected chi connectivity index (χ4v) is 3.26. The van der Waals surface area contributed by atoms with Crippen LogP contribution in [0.1, 0.15) is 16.8 Å². The zero-order valence-corrected chi connectivity index (χ0v) is 11.2. The molecule has 1 aliphatic heterocycles. The monoisotopic (exact) mass is 311 g/mol. The highest BCUT2D eigenvalue weighted by molar-refractivity contribution is 6.00. The summed E-state index contributed by atoms with van der Waals surface area (Å²) in [5.41, 5.74) is -3.63. The minimum Gasteiger partial charge on any atom is -0.481 e. The van der Waals surface area contributed by atoms with Gasteiger partial charge in [-0.1, -0.05) is 0 Å². The number of carboxylic acid groups (broad SMARTS) is 2. The number of fused-ring (bicyclic) bond motifs is 1. The number of likely N-dealkylation sites (tertiary alicyclic amines) is 1. The van der Waals surface area contributed by atoms with Gasteiger partial charge in [0.05, 0.1) is 5.56 Å². The van der Waals surface area contributed by atoms with Crippen LogP contribution in [0.4, 0.5) is 8.78 Å². The lowest BCUT2D eigenvalue weighted by Gasteiger charge is -2.20. The number of carboxylic acids is 2. The zero-order chi connectivity index (χ0) is 16.3. The second-order valence-corrected chi connectivity index (χ2v) is 5.74. The minimum absolute atomic E-state index is 0.0694. The van der Waals surface area contributed by atoms with Crippen molar-refractivity contribution in [3.05, 3.63) is 35.4 Å². The van der Waals surface area contributed by atoms with Gasteiger partial charge in [-0.3, -0.25) is 14.4 Å². The van der Waals surface area contributed by atoms with Crippen molar-refractivity contribution >= 4 is 17.8 Å². The average Bonchev–Trinajstić information content (AvgIpc) is 3.00. The summed E-state index contributed by atoms with van der Waals surface area (Å²) in [7, 11) is 0. The van der Waals surface area contributed by atoms with Crippen molar-refractivity contribution in [3.8, 4) is 0 Å². The third kappa shape index (κ3) is 1.66. The molecule has 2 fully saturated rings. The van der Waals surface area contributed by atoms with Crippen LogP contribution in [0.2, 0.25) is 0 Å². The number of hydrogen-bond donors (Lipinski definition) is 2. The third-order valence-corrected chi connectivity index (χ3v) is 4.58. The number of nitrogens with zero attached hydrogens (tertiary/aromatic N) is 1. The van der Waals surface area contributed by atoms with Gasteiger partial charge in [0.2, 0.25) is 0 Å². The van der Waals surface area contributed by atoms with Crippen molar-refractivity contribution in [2.24, 2.45) is 10.8 Å². The maximum atomic E-state index is 13.6. The van der Waals surface area contributed by atoms with Crippen LogP contribution in [0.15, 0.2) is 18.2 Å². The summed E-state index contributed by atoms with van der Waals surface area (Å²) in [5, 5.41) is 18.5. The SMILES string of the molecule is O=C(c1cc(F)ccc1F)N1C[C@@]2(C(=O)O)C[C@@]2(C(=O)O)C1. The van der Waals surface area contributed by atoms with E-state index >= 15 is 0 Å². The number of amides is 1. The van der Waals surface area contributed by atoms with Gasteiger partial charge < -0.3 is 15.1 Å². The van der Waals surface area contributed by atoms with E-state index in [0.717, 1.165) is 17.0 Å². The minimum atomic E-state index is -1.54. The van der Waals surface area contributed by atoms with E-state index in [4.69, 9.17) is 0 Å². The second kappa shape index (κ2) is 4.25. The lowest BCUT2D eigenvalue weighted by Crippen LogP contribution is -2.35.